The van der Waals surface area contributed by atoms with Crippen LogP contribution in [0.1, 0.15) is 20.8 Å². The molecule has 0 spiro atoms. The molecule has 0 aliphatic carbocycles. The molecule has 60 valence electrons. The Balaban J connectivity index is 4.09. The summed E-state index contributed by atoms with van der Waals surface area (Å²) in [5.41, 5.74) is -1.22. The highest BCUT2D eigenvalue weighted by Gasteiger charge is 2.27. The van der Waals surface area contributed by atoms with Crippen LogP contribution >= 0.6 is 11.6 Å². The first-order chi connectivity index (χ1) is 4.39. The van der Waals surface area contributed by atoms with Gasteiger partial charge in [0.1, 0.15) is 0 Å². The lowest BCUT2D eigenvalue weighted by Gasteiger charge is -2.18. The van der Waals surface area contributed by atoms with Gasteiger partial charge in [0.15, 0.2) is 11.3 Å². The molecule has 0 N–H and O–H groups in total. The maximum absolute atomic E-state index is 11.1. The Labute approximate surface area is 66.5 Å². The molecular weight excluding hydrogens is 152 g/mol. The number of hydrogen-bond acceptors (Lipinski definition) is 2. The van der Waals surface area contributed by atoms with E-state index in [2.05, 4.69) is 4.74 Å². The molecule has 0 heterocycles. The van der Waals surface area contributed by atoms with Crippen molar-refractivity contribution in [3.63, 3.8) is 0 Å². The fourth-order valence-corrected chi connectivity index (χ4v) is 0.775. The zero-order valence-corrected chi connectivity index (χ0v) is 7.53. The summed E-state index contributed by atoms with van der Waals surface area (Å²) in [5.74, 6) is -0.0864. The van der Waals surface area contributed by atoms with E-state index in [0.717, 1.165) is 0 Å². The zero-order chi connectivity index (χ0) is 8.36. The van der Waals surface area contributed by atoms with Gasteiger partial charge < -0.3 is 4.74 Å². The minimum absolute atomic E-state index is 0.0864. The minimum Gasteiger partial charge on any atom is -0.358 e. The van der Waals surface area contributed by atoms with Crippen LogP contribution in [0.25, 0.3) is 0 Å². The molecule has 0 radical (unpaired) electrons. The lowest BCUT2D eigenvalue weighted by Crippen LogP contribution is -2.29. The van der Waals surface area contributed by atoms with Crippen LogP contribution in [0.4, 0.5) is 0 Å². The molecule has 0 bridgehead atoms. The Hall–Kier alpha value is -0.0800. The number of Topliss-reactive ketones (excluding diaryl/α,β-unsaturated/α-hetero) is 1. The second-order valence-corrected chi connectivity index (χ2v) is 3.56. The van der Waals surface area contributed by atoms with Crippen LogP contribution in [-0.4, -0.2) is 18.5 Å². The van der Waals surface area contributed by atoms with E-state index in [4.69, 9.17) is 11.6 Å². The predicted octanol–water partition coefficient (Wildman–Crippen LogP) is 1.81. The molecular formula is C7H13ClO2. The number of alkyl halides is 1. The lowest BCUT2D eigenvalue weighted by molar-refractivity contribution is -0.132. The van der Waals surface area contributed by atoms with Crippen molar-refractivity contribution >= 4 is 17.4 Å². The topological polar surface area (TPSA) is 26.3 Å². The average molecular weight is 165 g/mol. The molecule has 0 aromatic heterocycles. The van der Waals surface area contributed by atoms with Gasteiger partial charge in [-0.15, -0.1) is 0 Å². The molecule has 1 unspecified atom stereocenters. The molecule has 0 aromatic rings. The third-order valence-electron chi connectivity index (χ3n) is 1.15. The number of carbonyl (C=O) groups excluding carboxylic acids is 1. The summed E-state index contributed by atoms with van der Waals surface area (Å²) < 4.78 is 4.65. The summed E-state index contributed by atoms with van der Waals surface area (Å²) in [6.07, 6.45) is 0. The van der Waals surface area contributed by atoms with Crippen molar-refractivity contribution in [1.29, 1.82) is 0 Å². The van der Waals surface area contributed by atoms with Gasteiger partial charge in [-0.2, -0.15) is 0 Å². The van der Waals surface area contributed by atoms with E-state index in [0.29, 0.717) is 0 Å². The molecule has 0 aliphatic heterocycles. The normalized spacial score (nSPS) is 14.9. The van der Waals surface area contributed by atoms with Gasteiger partial charge in [-0.1, -0.05) is 32.4 Å². The summed E-state index contributed by atoms with van der Waals surface area (Å²) in [7, 11) is 1.42. The molecule has 0 rings (SSSR count). The lowest BCUT2D eigenvalue weighted by atomic mass is 9.91. The summed E-state index contributed by atoms with van der Waals surface area (Å²) in [4.78, 5) is 11.1. The fourth-order valence-electron chi connectivity index (χ4n) is 0.447. The van der Waals surface area contributed by atoms with E-state index in [1.54, 1.807) is 0 Å². The van der Waals surface area contributed by atoms with Crippen LogP contribution in [0.3, 0.4) is 0 Å². The fraction of sp³-hybridized carbons (Fsp3) is 0.857. The van der Waals surface area contributed by atoms with E-state index >= 15 is 0 Å². The van der Waals surface area contributed by atoms with E-state index in [1.165, 1.54) is 7.11 Å². The van der Waals surface area contributed by atoms with Gasteiger partial charge in [0, 0.05) is 12.5 Å². The third-order valence-corrected chi connectivity index (χ3v) is 1.53. The van der Waals surface area contributed by atoms with Gasteiger partial charge in [-0.05, 0) is 0 Å². The van der Waals surface area contributed by atoms with Crippen molar-refractivity contribution in [2.75, 3.05) is 7.11 Å². The maximum atomic E-state index is 11.1. The van der Waals surface area contributed by atoms with Crippen molar-refractivity contribution < 1.29 is 9.53 Å². The third kappa shape index (κ3) is 2.67. The monoisotopic (exact) mass is 164 g/mol. The van der Waals surface area contributed by atoms with Crippen LogP contribution in [0, 0.1) is 5.41 Å². The molecule has 1 atom stereocenters. The SMILES string of the molecule is COC(Cl)C(=O)C(C)(C)C. The van der Waals surface area contributed by atoms with E-state index in [-0.39, 0.29) is 5.78 Å². The molecule has 10 heavy (non-hydrogen) atoms. The largest absolute Gasteiger partial charge is 0.358 e. The van der Waals surface area contributed by atoms with E-state index < -0.39 is 11.0 Å². The van der Waals surface area contributed by atoms with Crippen LogP contribution in [0.5, 0.6) is 0 Å². The van der Waals surface area contributed by atoms with E-state index in [1.807, 2.05) is 20.8 Å². The number of carbonyl (C=O) groups is 1. The van der Waals surface area contributed by atoms with Crippen LogP contribution in [0.2, 0.25) is 0 Å². The smallest absolute Gasteiger partial charge is 0.189 e. The summed E-state index contributed by atoms with van der Waals surface area (Å²) in [6.45, 7) is 5.43. The van der Waals surface area contributed by atoms with Gasteiger partial charge in [0.25, 0.3) is 0 Å². The second kappa shape index (κ2) is 3.35. The average Bonchev–Trinajstić information content (AvgIpc) is 1.83. The first-order valence-electron chi connectivity index (χ1n) is 3.10. The number of rotatable bonds is 2. The standard InChI is InChI=1S/C7H13ClO2/c1-7(2,3)5(9)6(8)10-4/h6H,1-4H3. The van der Waals surface area contributed by atoms with Gasteiger partial charge in [-0.25, -0.2) is 0 Å². The van der Waals surface area contributed by atoms with Crippen molar-refractivity contribution in [2.45, 2.75) is 26.3 Å². The summed E-state index contributed by atoms with van der Waals surface area (Å²) in [5, 5.41) is 0. The molecule has 0 amide bonds. The Kier molecular flexibility index (Phi) is 3.33. The first-order valence-corrected chi connectivity index (χ1v) is 3.54. The van der Waals surface area contributed by atoms with Crippen molar-refractivity contribution in [3.05, 3.63) is 0 Å². The highest BCUT2D eigenvalue weighted by molar-refractivity contribution is 6.30. The van der Waals surface area contributed by atoms with Crippen molar-refractivity contribution in [1.82, 2.24) is 0 Å². The zero-order valence-electron chi connectivity index (χ0n) is 6.77. The molecule has 0 aliphatic rings. The maximum Gasteiger partial charge on any atom is 0.189 e. The van der Waals surface area contributed by atoms with Crippen LogP contribution in [0.15, 0.2) is 0 Å². The van der Waals surface area contributed by atoms with Crippen LogP contribution < -0.4 is 0 Å². The number of ether oxygens (including phenoxy) is 1. The summed E-state index contributed by atoms with van der Waals surface area (Å²) >= 11 is 5.53. The second-order valence-electron chi connectivity index (χ2n) is 3.17. The van der Waals surface area contributed by atoms with Crippen LogP contribution in [-0.2, 0) is 9.53 Å². The molecule has 0 fully saturated rings. The molecule has 3 heteroatoms. The predicted molar refractivity (Wildman–Crippen MR) is 41.1 cm³/mol. The molecule has 2 nitrogen and oxygen atoms in total. The Morgan fingerprint density at radius 3 is 2.00 bits per heavy atom. The highest BCUT2D eigenvalue weighted by Crippen LogP contribution is 2.19. The molecule has 0 saturated heterocycles. The number of methoxy groups -OCH3 is 1. The Morgan fingerprint density at radius 1 is 1.50 bits per heavy atom. The van der Waals surface area contributed by atoms with Crippen molar-refractivity contribution in [2.24, 2.45) is 5.41 Å². The first kappa shape index (κ1) is 9.92. The number of halogens is 1. The van der Waals surface area contributed by atoms with Crippen molar-refractivity contribution in [3.8, 4) is 0 Å². The number of hydrogen-bond donors (Lipinski definition) is 0. The number of ketones is 1. The summed E-state index contributed by atoms with van der Waals surface area (Å²) in [6, 6.07) is 0. The minimum atomic E-state index is -0.806. The van der Waals surface area contributed by atoms with Gasteiger partial charge in [-0.3, -0.25) is 4.79 Å². The quantitative estimate of drug-likeness (QED) is 0.582. The Morgan fingerprint density at radius 2 is 1.90 bits per heavy atom. The highest BCUT2D eigenvalue weighted by atomic mass is 35.5. The molecule has 0 aromatic carbocycles. The molecule has 0 saturated carbocycles. The van der Waals surface area contributed by atoms with Gasteiger partial charge in [0.05, 0.1) is 0 Å². The Bertz CT molecular complexity index is 126. The van der Waals surface area contributed by atoms with E-state index in [9.17, 15) is 4.79 Å². The van der Waals surface area contributed by atoms with Gasteiger partial charge in [0.2, 0.25) is 0 Å². The van der Waals surface area contributed by atoms with Gasteiger partial charge >= 0.3 is 0 Å².